The van der Waals surface area contributed by atoms with Crippen LogP contribution in [0.3, 0.4) is 0 Å². The maximum Gasteiger partial charge on any atom is 0.355 e. The molecule has 1 unspecified atom stereocenters. The van der Waals surface area contributed by atoms with Gasteiger partial charge in [0.25, 0.3) is 5.56 Å². The quantitative estimate of drug-likeness (QED) is 0.542. The molecule has 168 valence electrons. The lowest BCUT2D eigenvalue weighted by molar-refractivity contribution is -0.129. The summed E-state index contributed by atoms with van der Waals surface area (Å²) in [6.45, 7) is 0.647. The van der Waals surface area contributed by atoms with Crippen LogP contribution in [0.4, 0.5) is 0 Å². The summed E-state index contributed by atoms with van der Waals surface area (Å²) in [7, 11) is 0. The van der Waals surface area contributed by atoms with E-state index in [0.717, 1.165) is 42.3 Å². The van der Waals surface area contributed by atoms with Crippen molar-refractivity contribution in [3.8, 4) is 0 Å². The molecular formula is C21H22N4O4S3. The van der Waals surface area contributed by atoms with E-state index in [-0.39, 0.29) is 29.0 Å². The maximum atomic E-state index is 12.8. The number of likely N-dealkylation sites (tertiary alicyclic amines) is 1. The van der Waals surface area contributed by atoms with Gasteiger partial charge in [0, 0.05) is 16.8 Å². The number of nitrogens with one attached hydrogen (secondary N) is 1. The Hall–Kier alpha value is -2.24. The van der Waals surface area contributed by atoms with E-state index in [1.807, 2.05) is 0 Å². The van der Waals surface area contributed by atoms with Crippen molar-refractivity contribution in [1.82, 2.24) is 19.9 Å². The SMILES string of the molecule is O=C(O)c1csc(C2CCCN2C(=O)CSCc2nc3sc4c(c3c(=O)[nH]2)CCCC4)n1. The second-order valence-corrected chi connectivity index (χ2v) is 11.0. The first-order valence-electron chi connectivity index (χ1n) is 10.6. The largest absolute Gasteiger partial charge is 0.476 e. The number of hydrogen-bond donors (Lipinski definition) is 2. The lowest BCUT2D eigenvalue weighted by Gasteiger charge is -2.22. The number of hydrogen-bond acceptors (Lipinski definition) is 8. The third kappa shape index (κ3) is 4.08. The number of aromatic amines is 1. The summed E-state index contributed by atoms with van der Waals surface area (Å²) in [4.78, 5) is 52.3. The number of rotatable bonds is 6. The van der Waals surface area contributed by atoms with Gasteiger partial charge in [-0.3, -0.25) is 9.59 Å². The summed E-state index contributed by atoms with van der Waals surface area (Å²) in [5.74, 6) is 0.279. The molecule has 8 nitrogen and oxygen atoms in total. The molecule has 1 aliphatic heterocycles. The molecule has 1 amide bonds. The Balaban J connectivity index is 1.24. The fourth-order valence-electron chi connectivity index (χ4n) is 4.46. The zero-order valence-electron chi connectivity index (χ0n) is 17.3. The van der Waals surface area contributed by atoms with Crippen molar-refractivity contribution in [2.75, 3.05) is 12.3 Å². The second kappa shape index (κ2) is 8.95. The van der Waals surface area contributed by atoms with Gasteiger partial charge in [-0.2, -0.15) is 0 Å². The summed E-state index contributed by atoms with van der Waals surface area (Å²) in [6, 6.07) is -0.159. The van der Waals surface area contributed by atoms with Gasteiger partial charge in [0.2, 0.25) is 5.91 Å². The molecule has 1 fully saturated rings. The molecule has 0 saturated carbocycles. The number of carboxylic acid groups (broad SMARTS) is 1. The van der Waals surface area contributed by atoms with Crippen LogP contribution in [-0.2, 0) is 23.4 Å². The normalized spacial score (nSPS) is 18.2. The molecule has 11 heteroatoms. The molecular weight excluding hydrogens is 468 g/mol. The van der Waals surface area contributed by atoms with Crippen molar-refractivity contribution in [1.29, 1.82) is 0 Å². The number of aryl methyl sites for hydroxylation is 2. The molecule has 1 atom stereocenters. The van der Waals surface area contributed by atoms with Gasteiger partial charge >= 0.3 is 5.97 Å². The average molecular weight is 491 g/mol. The molecule has 0 aromatic carbocycles. The van der Waals surface area contributed by atoms with Crippen molar-refractivity contribution in [3.63, 3.8) is 0 Å². The number of aromatic nitrogens is 3. The highest BCUT2D eigenvalue weighted by atomic mass is 32.2. The Kier molecular flexibility index (Phi) is 6.04. The number of nitrogens with zero attached hydrogens (tertiary/aromatic N) is 3. The highest BCUT2D eigenvalue weighted by Crippen LogP contribution is 2.35. The number of fused-ring (bicyclic) bond motifs is 3. The molecule has 2 aliphatic rings. The first kappa shape index (κ1) is 21.6. The number of carbonyl (C=O) groups is 2. The van der Waals surface area contributed by atoms with Crippen LogP contribution in [0.1, 0.15) is 63.5 Å². The van der Waals surface area contributed by atoms with Crippen LogP contribution in [0.5, 0.6) is 0 Å². The third-order valence-electron chi connectivity index (χ3n) is 5.94. The van der Waals surface area contributed by atoms with Gasteiger partial charge in [-0.15, -0.1) is 34.4 Å². The lowest BCUT2D eigenvalue weighted by Crippen LogP contribution is -2.32. The fourth-order valence-corrected chi connectivity index (χ4v) is 7.45. The van der Waals surface area contributed by atoms with Gasteiger partial charge in [-0.05, 0) is 44.1 Å². The van der Waals surface area contributed by atoms with Crippen molar-refractivity contribution in [2.45, 2.75) is 50.3 Å². The molecule has 3 aromatic rings. The van der Waals surface area contributed by atoms with Crippen LogP contribution in [0.2, 0.25) is 0 Å². The van der Waals surface area contributed by atoms with Gasteiger partial charge in [-0.1, -0.05) is 0 Å². The predicted molar refractivity (Wildman–Crippen MR) is 126 cm³/mol. The van der Waals surface area contributed by atoms with Gasteiger partial charge in [-0.25, -0.2) is 14.8 Å². The van der Waals surface area contributed by atoms with Gasteiger partial charge in [0.05, 0.1) is 22.9 Å². The number of thioether (sulfide) groups is 1. The number of carboxylic acids is 1. The predicted octanol–water partition coefficient (Wildman–Crippen LogP) is 3.62. The van der Waals surface area contributed by atoms with Crippen LogP contribution in [0.15, 0.2) is 10.2 Å². The van der Waals surface area contributed by atoms with Crippen molar-refractivity contribution >= 4 is 56.5 Å². The molecule has 1 aliphatic carbocycles. The first-order chi connectivity index (χ1) is 15.5. The van der Waals surface area contributed by atoms with Crippen LogP contribution < -0.4 is 5.56 Å². The van der Waals surface area contributed by atoms with E-state index >= 15 is 0 Å². The second-order valence-electron chi connectivity index (χ2n) is 8.02. The van der Waals surface area contributed by atoms with E-state index in [9.17, 15) is 14.4 Å². The molecule has 0 radical (unpaired) electrons. The van der Waals surface area contributed by atoms with Crippen LogP contribution >= 0.6 is 34.4 Å². The Morgan fingerprint density at radius 2 is 2.09 bits per heavy atom. The zero-order valence-corrected chi connectivity index (χ0v) is 19.7. The summed E-state index contributed by atoms with van der Waals surface area (Å²) in [6.07, 6.45) is 5.92. The van der Waals surface area contributed by atoms with E-state index in [2.05, 4.69) is 15.0 Å². The molecule has 0 spiro atoms. The monoisotopic (exact) mass is 490 g/mol. The number of aromatic carboxylic acids is 1. The molecule has 2 N–H and O–H groups in total. The smallest absolute Gasteiger partial charge is 0.355 e. The van der Waals surface area contributed by atoms with Crippen molar-refractivity contribution < 1.29 is 14.7 Å². The highest BCUT2D eigenvalue weighted by molar-refractivity contribution is 7.99. The van der Waals surface area contributed by atoms with E-state index in [1.54, 1.807) is 16.2 Å². The summed E-state index contributed by atoms with van der Waals surface area (Å²) in [5.41, 5.74) is 1.13. The highest BCUT2D eigenvalue weighted by Gasteiger charge is 2.32. The van der Waals surface area contributed by atoms with E-state index in [4.69, 9.17) is 5.11 Å². The van der Waals surface area contributed by atoms with Crippen LogP contribution in [-0.4, -0.2) is 49.1 Å². The standard InChI is InChI=1S/C21H22N4O4S3/c26-16(25-7-3-5-13(25)19-22-12(8-31-19)21(28)29)10-30-9-15-23-18(27)17-11-4-1-2-6-14(11)32-20(17)24-15/h8,13H,1-7,9-10H2,(H,28,29)(H,23,24,27). The molecule has 5 rings (SSSR count). The number of amides is 1. The molecule has 32 heavy (non-hydrogen) atoms. The number of thiazole rings is 1. The average Bonchev–Trinajstić information content (AvgIpc) is 3.50. The minimum atomic E-state index is -1.05. The Bertz CT molecular complexity index is 1250. The summed E-state index contributed by atoms with van der Waals surface area (Å²) >= 11 is 4.35. The van der Waals surface area contributed by atoms with E-state index < -0.39 is 5.97 Å². The zero-order chi connectivity index (χ0) is 22.2. The van der Waals surface area contributed by atoms with Gasteiger partial charge < -0.3 is 15.0 Å². The number of H-pyrrole nitrogens is 1. The minimum Gasteiger partial charge on any atom is -0.476 e. The topological polar surface area (TPSA) is 116 Å². The van der Waals surface area contributed by atoms with Crippen molar-refractivity contribution in [3.05, 3.63) is 42.7 Å². The molecule has 3 aromatic heterocycles. The number of carbonyl (C=O) groups excluding carboxylic acids is 1. The number of thiophene rings is 1. The molecule has 0 bridgehead atoms. The van der Waals surface area contributed by atoms with Crippen LogP contribution in [0.25, 0.3) is 10.2 Å². The molecule has 4 heterocycles. The Morgan fingerprint density at radius 3 is 2.91 bits per heavy atom. The first-order valence-corrected chi connectivity index (χ1v) is 13.5. The minimum absolute atomic E-state index is 0.000382. The van der Waals surface area contributed by atoms with Crippen LogP contribution in [0, 0.1) is 0 Å². The van der Waals surface area contributed by atoms with Gasteiger partial charge in [0.1, 0.15) is 15.7 Å². The Morgan fingerprint density at radius 1 is 1.25 bits per heavy atom. The third-order valence-corrected chi connectivity index (χ3v) is 9.00. The maximum absolute atomic E-state index is 12.8. The van der Waals surface area contributed by atoms with E-state index in [1.165, 1.54) is 45.3 Å². The van der Waals surface area contributed by atoms with Crippen molar-refractivity contribution in [2.24, 2.45) is 0 Å². The molecule has 1 saturated heterocycles. The summed E-state index contributed by atoms with van der Waals surface area (Å²) in [5, 5.41) is 12.1. The van der Waals surface area contributed by atoms with E-state index in [0.29, 0.717) is 23.1 Å². The Labute approximate surface area is 196 Å². The summed E-state index contributed by atoms with van der Waals surface area (Å²) < 4.78 is 0. The van der Waals surface area contributed by atoms with Gasteiger partial charge in [0.15, 0.2) is 5.69 Å². The lowest BCUT2D eigenvalue weighted by atomic mass is 9.97. The fraction of sp³-hybridized carbons (Fsp3) is 0.476.